The standard InChI is InChI=1S/C16H27NO/c1(2-17-3-5-18-6-4-17)16-10-13-7-14(11-16)9-15(8-13)12-16/h13-15H,1-12H2. The topological polar surface area (TPSA) is 12.5 Å². The van der Waals surface area contributed by atoms with E-state index in [1.54, 1.807) is 38.5 Å². The third-order valence-corrected chi connectivity index (χ3v) is 6.23. The predicted molar refractivity (Wildman–Crippen MR) is 72.5 cm³/mol. The Morgan fingerprint density at radius 2 is 1.44 bits per heavy atom. The lowest BCUT2D eigenvalue weighted by Gasteiger charge is -2.57. The van der Waals surface area contributed by atoms with E-state index in [9.17, 15) is 0 Å². The first kappa shape index (κ1) is 11.7. The minimum Gasteiger partial charge on any atom is -0.379 e. The molecule has 102 valence electrons. The second-order valence-corrected chi connectivity index (χ2v) is 7.62. The van der Waals surface area contributed by atoms with Gasteiger partial charge in [0.1, 0.15) is 0 Å². The van der Waals surface area contributed by atoms with Gasteiger partial charge >= 0.3 is 0 Å². The molecule has 1 heterocycles. The van der Waals surface area contributed by atoms with Gasteiger partial charge < -0.3 is 4.74 Å². The van der Waals surface area contributed by atoms with Gasteiger partial charge in [0.25, 0.3) is 0 Å². The highest BCUT2D eigenvalue weighted by molar-refractivity contribution is 5.01. The fraction of sp³-hybridized carbons (Fsp3) is 1.00. The van der Waals surface area contributed by atoms with Crippen LogP contribution >= 0.6 is 0 Å². The van der Waals surface area contributed by atoms with E-state index in [1.807, 2.05) is 0 Å². The molecule has 5 rings (SSSR count). The van der Waals surface area contributed by atoms with Gasteiger partial charge in [-0.1, -0.05) is 0 Å². The van der Waals surface area contributed by atoms with Gasteiger partial charge in [0, 0.05) is 13.1 Å². The first-order chi connectivity index (χ1) is 8.81. The van der Waals surface area contributed by atoms with E-state index in [2.05, 4.69) is 4.90 Å². The van der Waals surface area contributed by atoms with E-state index in [0.29, 0.717) is 0 Å². The SMILES string of the molecule is C1CN(CCC23CC4CC(CC(C4)C2)C3)CCO1. The minimum atomic E-state index is 0.771. The number of hydrogen-bond donors (Lipinski definition) is 0. The molecule has 0 amide bonds. The molecule has 1 saturated heterocycles. The maximum absolute atomic E-state index is 5.45. The van der Waals surface area contributed by atoms with Gasteiger partial charge in [0.2, 0.25) is 0 Å². The van der Waals surface area contributed by atoms with Crippen LogP contribution in [0, 0.1) is 23.2 Å². The molecule has 0 radical (unpaired) electrons. The Balaban J connectivity index is 1.38. The number of hydrogen-bond acceptors (Lipinski definition) is 2. The Labute approximate surface area is 111 Å². The molecular formula is C16H27NO. The lowest BCUT2D eigenvalue weighted by Crippen LogP contribution is -2.48. The molecule has 0 atom stereocenters. The summed E-state index contributed by atoms with van der Waals surface area (Å²) in [5, 5.41) is 0. The van der Waals surface area contributed by atoms with Crippen LogP contribution < -0.4 is 0 Å². The van der Waals surface area contributed by atoms with Crippen LogP contribution in [0.5, 0.6) is 0 Å². The summed E-state index contributed by atoms with van der Waals surface area (Å²) in [6, 6.07) is 0. The monoisotopic (exact) mass is 249 g/mol. The van der Waals surface area contributed by atoms with Crippen LogP contribution in [0.2, 0.25) is 0 Å². The normalized spacial score (nSPS) is 47.7. The maximum Gasteiger partial charge on any atom is 0.0594 e. The highest BCUT2D eigenvalue weighted by atomic mass is 16.5. The highest BCUT2D eigenvalue weighted by Crippen LogP contribution is 2.61. The highest BCUT2D eigenvalue weighted by Gasteiger charge is 2.50. The summed E-state index contributed by atoms with van der Waals surface area (Å²) in [7, 11) is 0. The van der Waals surface area contributed by atoms with Gasteiger partial charge in [-0.05, 0) is 74.7 Å². The lowest BCUT2D eigenvalue weighted by molar-refractivity contribution is -0.0647. The summed E-state index contributed by atoms with van der Waals surface area (Å²) in [5.41, 5.74) is 0.771. The van der Waals surface area contributed by atoms with Gasteiger partial charge in [0.05, 0.1) is 13.2 Å². The molecule has 2 heteroatoms. The van der Waals surface area contributed by atoms with Gasteiger partial charge in [-0.3, -0.25) is 4.90 Å². The largest absolute Gasteiger partial charge is 0.379 e. The van der Waals surface area contributed by atoms with Crippen molar-refractivity contribution in [3.63, 3.8) is 0 Å². The zero-order valence-electron chi connectivity index (χ0n) is 11.6. The van der Waals surface area contributed by atoms with Crippen LogP contribution in [0.3, 0.4) is 0 Å². The summed E-state index contributed by atoms with van der Waals surface area (Å²) in [4.78, 5) is 2.64. The van der Waals surface area contributed by atoms with E-state index >= 15 is 0 Å². The first-order valence-corrected chi connectivity index (χ1v) is 8.11. The van der Waals surface area contributed by atoms with Gasteiger partial charge in [-0.25, -0.2) is 0 Å². The van der Waals surface area contributed by atoms with Crippen molar-refractivity contribution in [3.05, 3.63) is 0 Å². The van der Waals surface area contributed by atoms with Crippen molar-refractivity contribution in [3.8, 4) is 0 Å². The van der Waals surface area contributed by atoms with Gasteiger partial charge in [-0.2, -0.15) is 0 Å². The Kier molecular flexibility index (Phi) is 2.92. The molecule has 0 spiro atoms. The quantitative estimate of drug-likeness (QED) is 0.762. The number of morpholine rings is 1. The fourth-order valence-corrected chi connectivity index (χ4v) is 5.82. The molecule has 0 N–H and O–H groups in total. The average molecular weight is 249 g/mol. The molecule has 4 saturated carbocycles. The van der Waals surface area contributed by atoms with E-state index in [1.165, 1.54) is 26.1 Å². The summed E-state index contributed by atoms with van der Waals surface area (Å²) in [6.07, 6.45) is 10.9. The molecule has 2 nitrogen and oxygen atoms in total. The molecule has 4 bridgehead atoms. The van der Waals surface area contributed by atoms with Crippen LogP contribution in [-0.4, -0.2) is 37.7 Å². The van der Waals surface area contributed by atoms with E-state index < -0.39 is 0 Å². The fourth-order valence-electron chi connectivity index (χ4n) is 5.82. The van der Waals surface area contributed by atoms with Crippen LogP contribution in [0.15, 0.2) is 0 Å². The van der Waals surface area contributed by atoms with E-state index in [4.69, 9.17) is 4.74 Å². The average Bonchev–Trinajstić information content (AvgIpc) is 2.36. The molecule has 4 aliphatic carbocycles. The van der Waals surface area contributed by atoms with E-state index in [0.717, 1.165) is 36.4 Å². The van der Waals surface area contributed by atoms with Crippen molar-refractivity contribution < 1.29 is 4.74 Å². The molecule has 0 aromatic carbocycles. The summed E-state index contributed by atoms with van der Waals surface area (Å²) < 4.78 is 5.45. The summed E-state index contributed by atoms with van der Waals surface area (Å²) in [6.45, 7) is 5.61. The van der Waals surface area contributed by atoms with Gasteiger partial charge in [0.15, 0.2) is 0 Å². The minimum absolute atomic E-state index is 0.771. The number of nitrogens with zero attached hydrogens (tertiary/aromatic N) is 1. The van der Waals surface area contributed by atoms with Crippen LogP contribution in [-0.2, 0) is 4.74 Å². The molecule has 0 aromatic rings. The third kappa shape index (κ3) is 2.12. The first-order valence-electron chi connectivity index (χ1n) is 8.11. The third-order valence-electron chi connectivity index (χ3n) is 6.23. The molecule has 1 aliphatic heterocycles. The molecule has 18 heavy (non-hydrogen) atoms. The second-order valence-electron chi connectivity index (χ2n) is 7.62. The summed E-state index contributed by atoms with van der Waals surface area (Å²) >= 11 is 0. The van der Waals surface area contributed by atoms with E-state index in [-0.39, 0.29) is 0 Å². The predicted octanol–water partition coefficient (Wildman–Crippen LogP) is 2.93. The van der Waals surface area contributed by atoms with Crippen molar-refractivity contribution in [2.45, 2.75) is 44.9 Å². The Hall–Kier alpha value is -0.0800. The zero-order valence-corrected chi connectivity index (χ0v) is 11.6. The lowest BCUT2D eigenvalue weighted by atomic mass is 9.49. The second kappa shape index (κ2) is 4.49. The number of ether oxygens (including phenoxy) is 1. The van der Waals surface area contributed by atoms with Crippen LogP contribution in [0.4, 0.5) is 0 Å². The maximum atomic E-state index is 5.45. The van der Waals surface area contributed by atoms with Crippen LogP contribution in [0.1, 0.15) is 44.9 Å². The molecular weight excluding hydrogens is 222 g/mol. The van der Waals surface area contributed by atoms with Crippen molar-refractivity contribution in [1.29, 1.82) is 0 Å². The summed E-state index contributed by atoms with van der Waals surface area (Å²) in [5.74, 6) is 3.34. The van der Waals surface area contributed by atoms with Crippen molar-refractivity contribution in [2.75, 3.05) is 32.8 Å². The molecule has 0 unspecified atom stereocenters. The Bertz CT molecular complexity index is 273. The van der Waals surface area contributed by atoms with Crippen molar-refractivity contribution in [2.24, 2.45) is 23.2 Å². The zero-order chi connectivity index (χ0) is 12.0. The number of rotatable bonds is 3. The van der Waals surface area contributed by atoms with Crippen molar-refractivity contribution in [1.82, 2.24) is 4.90 Å². The molecule has 5 fully saturated rings. The Morgan fingerprint density at radius 3 is 2.00 bits per heavy atom. The smallest absolute Gasteiger partial charge is 0.0594 e. The molecule has 5 aliphatic rings. The Morgan fingerprint density at radius 1 is 0.889 bits per heavy atom. The van der Waals surface area contributed by atoms with Crippen LogP contribution in [0.25, 0.3) is 0 Å². The van der Waals surface area contributed by atoms with Gasteiger partial charge in [-0.15, -0.1) is 0 Å². The molecule has 0 aromatic heterocycles. The van der Waals surface area contributed by atoms with Crippen molar-refractivity contribution >= 4 is 0 Å².